The minimum atomic E-state index is 0. The number of pyridine rings is 1. The van der Waals surface area contributed by atoms with Crippen LogP contribution >= 0.6 is 24.0 Å². The fraction of sp³-hybridized carbons (Fsp3) is 0.550. The summed E-state index contributed by atoms with van der Waals surface area (Å²) in [6.45, 7) is 5.60. The second kappa shape index (κ2) is 12.2. The lowest BCUT2D eigenvalue weighted by Crippen LogP contribution is -2.34. The van der Waals surface area contributed by atoms with E-state index in [1.165, 1.54) is 0 Å². The Balaban J connectivity index is 0.000000264. The topological polar surface area (TPSA) is 69.2 Å². The van der Waals surface area contributed by atoms with Gasteiger partial charge in [0, 0.05) is 37.7 Å². The van der Waals surface area contributed by atoms with E-state index < -0.39 is 0 Å². The van der Waals surface area contributed by atoms with Crippen LogP contribution in [0.4, 0.5) is 0 Å². The van der Waals surface area contributed by atoms with Gasteiger partial charge in [-0.25, -0.2) is 9.97 Å². The molecule has 1 N–H and O–H groups in total. The highest BCUT2D eigenvalue weighted by Gasteiger charge is 2.24. The molecule has 0 aromatic carbocycles. The first-order chi connectivity index (χ1) is 13.2. The maximum Gasteiger partial charge on any atom is 0.236 e. The van der Waals surface area contributed by atoms with Gasteiger partial charge < -0.3 is 14.8 Å². The van der Waals surface area contributed by atoms with Gasteiger partial charge in [-0.3, -0.25) is 4.98 Å². The Morgan fingerprint density at radius 1 is 1.04 bits per heavy atom. The minimum absolute atomic E-state index is 0. The molecule has 0 aliphatic carbocycles. The van der Waals surface area contributed by atoms with Crippen molar-refractivity contribution in [3.63, 3.8) is 0 Å². The number of hydrogen-bond donors (Lipinski definition) is 1. The number of nitrogens with one attached hydrogen (secondary N) is 1. The van der Waals surface area contributed by atoms with Crippen LogP contribution in [0.3, 0.4) is 0 Å². The summed E-state index contributed by atoms with van der Waals surface area (Å²) in [5, 5.41) is 3.94. The Labute approximate surface area is 177 Å². The summed E-state index contributed by atoms with van der Waals surface area (Å²) < 4.78 is 11.5. The molecule has 6 nitrogen and oxygen atoms in total. The van der Waals surface area contributed by atoms with Crippen molar-refractivity contribution in [1.82, 2.24) is 20.3 Å². The molecular weight excluding hydrogens is 399 g/mol. The zero-order valence-corrected chi connectivity index (χ0v) is 17.7. The zero-order chi connectivity index (χ0) is 18.9. The normalized spacial score (nSPS) is 17.8. The SMILES string of the molecule is Cc1cccnc1Cl.Cl.c1cnc(C2CCOCC2)c(OC2CCNCC2)n1. The molecule has 0 bridgehead atoms. The van der Waals surface area contributed by atoms with Gasteiger partial charge in [-0.2, -0.15) is 0 Å². The number of rotatable bonds is 3. The quantitative estimate of drug-likeness (QED) is 0.748. The highest BCUT2D eigenvalue weighted by Crippen LogP contribution is 2.31. The van der Waals surface area contributed by atoms with E-state index in [1.807, 2.05) is 19.1 Å². The largest absolute Gasteiger partial charge is 0.473 e. The van der Waals surface area contributed by atoms with E-state index in [-0.39, 0.29) is 18.5 Å². The molecule has 2 aliphatic rings. The van der Waals surface area contributed by atoms with Gasteiger partial charge in [0.2, 0.25) is 5.88 Å². The van der Waals surface area contributed by atoms with Gasteiger partial charge in [-0.05, 0) is 57.3 Å². The van der Waals surface area contributed by atoms with E-state index in [4.69, 9.17) is 21.1 Å². The fourth-order valence-corrected chi connectivity index (χ4v) is 3.33. The molecule has 28 heavy (non-hydrogen) atoms. The number of nitrogens with zero attached hydrogens (tertiary/aromatic N) is 3. The van der Waals surface area contributed by atoms with Gasteiger partial charge in [0.1, 0.15) is 17.0 Å². The first-order valence-electron chi connectivity index (χ1n) is 9.57. The molecule has 0 amide bonds. The fourth-order valence-electron chi connectivity index (χ4n) is 3.22. The molecule has 4 heterocycles. The van der Waals surface area contributed by atoms with Crippen molar-refractivity contribution in [3.05, 3.63) is 47.1 Å². The van der Waals surface area contributed by atoms with Gasteiger partial charge >= 0.3 is 0 Å². The molecule has 2 aromatic rings. The first kappa shape index (κ1) is 22.8. The predicted octanol–water partition coefficient (Wildman–Crippen LogP) is 3.97. The molecule has 0 spiro atoms. The number of piperidine rings is 1. The van der Waals surface area contributed by atoms with Crippen LogP contribution in [0.1, 0.15) is 42.9 Å². The van der Waals surface area contributed by atoms with E-state index >= 15 is 0 Å². The van der Waals surface area contributed by atoms with Gasteiger partial charge in [0.15, 0.2) is 0 Å². The molecule has 154 valence electrons. The Morgan fingerprint density at radius 3 is 2.39 bits per heavy atom. The monoisotopic (exact) mass is 426 g/mol. The third kappa shape index (κ3) is 6.85. The molecule has 0 radical (unpaired) electrons. The lowest BCUT2D eigenvalue weighted by Gasteiger charge is -2.26. The lowest BCUT2D eigenvalue weighted by atomic mass is 9.96. The molecule has 0 saturated carbocycles. The van der Waals surface area contributed by atoms with Crippen molar-refractivity contribution in [2.45, 2.75) is 44.6 Å². The van der Waals surface area contributed by atoms with E-state index in [9.17, 15) is 0 Å². The summed E-state index contributed by atoms with van der Waals surface area (Å²) in [7, 11) is 0. The van der Waals surface area contributed by atoms with E-state index in [0.717, 1.165) is 69.1 Å². The molecule has 0 atom stereocenters. The zero-order valence-electron chi connectivity index (χ0n) is 16.1. The standard InChI is InChI=1S/C14H21N3O2.C6H6ClN.ClH/c1-5-15-6-2-12(1)19-14-13(16-7-8-17-14)11-3-9-18-10-4-11;1-5-3-2-4-8-6(5)7;/h7-8,11-12,15H,1-6,9-10H2;2-4H,1H3;1H. The molecular formula is C20H28Cl2N4O2. The van der Waals surface area contributed by atoms with Crippen LogP contribution in [0, 0.1) is 6.92 Å². The smallest absolute Gasteiger partial charge is 0.236 e. The summed E-state index contributed by atoms with van der Waals surface area (Å²) in [6, 6.07) is 3.79. The van der Waals surface area contributed by atoms with Crippen molar-refractivity contribution < 1.29 is 9.47 Å². The van der Waals surface area contributed by atoms with Crippen molar-refractivity contribution >= 4 is 24.0 Å². The third-order valence-corrected chi connectivity index (χ3v) is 5.20. The van der Waals surface area contributed by atoms with E-state index in [0.29, 0.717) is 11.1 Å². The summed E-state index contributed by atoms with van der Waals surface area (Å²) in [5.41, 5.74) is 2.04. The molecule has 2 saturated heterocycles. The highest BCUT2D eigenvalue weighted by molar-refractivity contribution is 6.30. The average molecular weight is 427 g/mol. The van der Waals surface area contributed by atoms with Crippen LogP contribution in [0.2, 0.25) is 5.15 Å². The number of hydrogen-bond acceptors (Lipinski definition) is 6. The second-order valence-electron chi connectivity index (χ2n) is 6.81. The predicted molar refractivity (Wildman–Crippen MR) is 113 cm³/mol. The molecule has 2 aliphatic heterocycles. The molecule has 0 unspecified atom stereocenters. The molecule has 2 fully saturated rings. The van der Waals surface area contributed by atoms with Crippen LogP contribution in [0.5, 0.6) is 5.88 Å². The number of halogens is 2. The van der Waals surface area contributed by atoms with Crippen molar-refractivity contribution in [2.75, 3.05) is 26.3 Å². The van der Waals surface area contributed by atoms with Gasteiger partial charge in [0.05, 0.1) is 0 Å². The maximum absolute atomic E-state index is 6.09. The number of ether oxygens (including phenoxy) is 2. The third-order valence-electron chi connectivity index (χ3n) is 4.81. The summed E-state index contributed by atoms with van der Waals surface area (Å²) in [6.07, 6.45) is 9.56. The second-order valence-corrected chi connectivity index (χ2v) is 7.17. The van der Waals surface area contributed by atoms with Gasteiger partial charge in [-0.1, -0.05) is 17.7 Å². The Morgan fingerprint density at radius 2 is 1.75 bits per heavy atom. The summed E-state index contributed by atoms with van der Waals surface area (Å²) >= 11 is 5.60. The van der Waals surface area contributed by atoms with E-state index in [2.05, 4.69) is 20.3 Å². The Kier molecular flexibility index (Phi) is 9.92. The first-order valence-corrected chi connectivity index (χ1v) is 9.95. The minimum Gasteiger partial charge on any atom is -0.473 e. The molecule has 4 rings (SSSR count). The highest BCUT2D eigenvalue weighted by atomic mass is 35.5. The maximum atomic E-state index is 6.09. The van der Waals surface area contributed by atoms with Crippen LogP contribution in [0.25, 0.3) is 0 Å². The molecule has 2 aromatic heterocycles. The molecule has 8 heteroatoms. The lowest BCUT2D eigenvalue weighted by molar-refractivity contribution is 0.0821. The van der Waals surface area contributed by atoms with Crippen molar-refractivity contribution in [3.8, 4) is 5.88 Å². The van der Waals surface area contributed by atoms with Crippen molar-refractivity contribution in [2.24, 2.45) is 0 Å². The number of aryl methyl sites for hydroxylation is 1. The average Bonchev–Trinajstić information content (AvgIpc) is 2.73. The van der Waals surface area contributed by atoms with Crippen LogP contribution in [-0.2, 0) is 4.74 Å². The van der Waals surface area contributed by atoms with Crippen LogP contribution < -0.4 is 10.1 Å². The summed E-state index contributed by atoms with van der Waals surface area (Å²) in [4.78, 5) is 12.8. The van der Waals surface area contributed by atoms with Gasteiger partial charge in [-0.15, -0.1) is 12.4 Å². The Hall–Kier alpha value is -1.47. The number of aromatic nitrogens is 3. The van der Waals surface area contributed by atoms with E-state index in [1.54, 1.807) is 18.6 Å². The van der Waals surface area contributed by atoms with Crippen LogP contribution in [0.15, 0.2) is 30.7 Å². The Bertz CT molecular complexity index is 687. The van der Waals surface area contributed by atoms with Crippen LogP contribution in [-0.4, -0.2) is 47.4 Å². The summed E-state index contributed by atoms with van der Waals surface area (Å²) in [5.74, 6) is 1.17. The van der Waals surface area contributed by atoms with Crippen molar-refractivity contribution in [1.29, 1.82) is 0 Å². The van der Waals surface area contributed by atoms with Gasteiger partial charge in [0.25, 0.3) is 0 Å².